The molecule has 2 aliphatic rings. The van der Waals surface area contributed by atoms with Crippen LogP contribution in [0.2, 0.25) is 0 Å². The summed E-state index contributed by atoms with van der Waals surface area (Å²) in [7, 11) is 1.85. The number of ether oxygens (including phenoxy) is 1. The molecule has 1 aromatic rings. The van der Waals surface area contributed by atoms with Crippen molar-refractivity contribution in [3.05, 3.63) is 35.9 Å². The molecule has 0 unspecified atom stereocenters. The normalized spacial score (nSPS) is 24.1. The van der Waals surface area contributed by atoms with Crippen LogP contribution < -0.4 is 5.32 Å². The van der Waals surface area contributed by atoms with E-state index in [9.17, 15) is 4.79 Å². The van der Waals surface area contributed by atoms with E-state index in [1.807, 2.05) is 14.0 Å². The molecule has 0 aromatic heterocycles. The maximum absolute atomic E-state index is 11.9. The van der Waals surface area contributed by atoms with E-state index in [-0.39, 0.29) is 11.9 Å². The lowest BCUT2D eigenvalue weighted by atomic mass is 9.79. The van der Waals surface area contributed by atoms with E-state index in [1.165, 1.54) is 31.2 Å². The maximum atomic E-state index is 11.9. The number of aliphatic imine (C=N–C) groups is 1. The van der Waals surface area contributed by atoms with E-state index in [0.29, 0.717) is 12.5 Å². The van der Waals surface area contributed by atoms with Gasteiger partial charge in [-0.3, -0.25) is 9.79 Å². The fourth-order valence-electron chi connectivity index (χ4n) is 4.58. The topological polar surface area (TPSA) is 53.9 Å². The summed E-state index contributed by atoms with van der Waals surface area (Å²) in [5.41, 5.74) is 1.49. The van der Waals surface area contributed by atoms with Crippen molar-refractivity contribution in [1.29, 1.82) is 0 Å². The highest BCUT2D eigenvalue weighted by Crippen LogP contribution is 2.35. The summed E-state index contributed by atoms with van der Waals surface area (Å²) in [5.74, 6) is 2.42. The van der Waals surface area contributed by atoms with Gasteiger partial charge < -0.3 is 15.0 Å². The second-order valence-corrected chi connectivity index (χ2v) is 8.07. The number of hydrogen-bond donors (Lipinski definition) is 1. The minimum Gasteiger partial charge on any atom is -0.466 e. The fraction of sp³-hybridized carbons (Fsp3) is 0.652. The molecule has 1 aliphatic carbocycles. The predicted molar refractivity (Wildman–Crippen MR) is 113 cm³/mol. The number of nitrogens with zero attached hydrogens (tertiary/aromatic N) is 2. The van der Waals surface area contributed by atoms with Crippen molar-refractivity contribution in [3.63, 3.8) is 0 Å². The molecule has 154 valence electrons. The van der Waals surface area contributed by atoms with Crippen LogP contribution >= 0.6 is 0 Å². The summed E-state index contributed by atoms with van der Waals surface area (Å²) in [5, 5.41) is 3.59. The summed E-state index contributed by atoms with van der Waals surface area (Å²) in [4.78, 5) is 18.7. The molecular formula is C23H35N3O2. The van der Waals surface area contributed by atoms with Gasteiger partial charge in [0.15, 0.2) is 5.96 Å². The van der Waals surface area contributed by atoms with Gasteiger partial charge in [-0.25, -0.2) is 0 Å². The van der Waals surface area contributed by atoms with E-state index in [2.05, 4.69) is 45.5 Å². The smallest absolute Gasteiger partial charge is 0.309 e. The standard InChI is InChI=1S/C23H35N3O2/c1-3-28-22(27)21-13-15-26(16-14-21)23(24-2)25-17-18-9-11-20(12-10-18)19-7-5-4-6-8-19/h4-8,18,20-21H,3,9-17H2,1-2H3,(H,24,25). The lowest BCUT2D eigenvalue weighted by molar-refractivity contribution is -0.149. The zero-order chi connectivity index (χ0) is 19.8. The second kappa shape index (κ2) is 10.5. The molecule has 5 nitrogen and oxygen atoms in total. The molecule has 1 aliphatic heterocycles. The number of likely N-dealkylation sites (tertiary alicyclic amines) is 1. The SMILES string of the molecule is CCOC(=O)C1CCN(C(=NC)NCC2CCC(c3ccccc3)CC2)CC1. The Morgan fingerprint density at radius 2 is 1.79 bits per heavy atom. The molecule has 1 saturated carbocycles. The van der Waals surface area contributed by atoms with E-state index >= 15 is 0 Å². The van der Waals surface area contributed by atoms with Gasteiger partial charge in [-0.2, -0.15) is 0 Å². The van der Waals surface area contributed by atoms with Crippen molar-refractivity contribution in [3.8, 4) is 0 Å². The molecule has 0 spiro atoms. The first kappa shape index (κ1) is 20.7. The molecule has 0 amide bonds. The molecule has 2 fully saturated rings. The first-order valence-corrected chi connectivity index (χ1v) is 10.9. The number of hydrogen-bond acceptors (Lipinski definition) is 3. The summed E-state index contributed by atoms with van der Waals surface area (Å²) in [6.45, 7) is 5.06. The minimum absolute atomic E-state index is 0.0414. The van der Waals surface area contributed by atoms with Gasteiger partial charge >= 0.3 is 5.97 Å². The van der Waals surface area contributed by atoms with Gasteiger partial charge in [0.1, 0.15) is 0 Å². The zero-order valence-electron chi connectivity index (χ0n) is 17.4. The van der Waals surface area contributed by atoms with E-state index in [0.717, 1.165) is 44.4 Å². The van der Waals surface area contributed by atoms with Crippen molar-refractivity contribution in [2.24, 2.45) is 16.8 Å². The van der Waals surface area contributed by atoms with Gasteiger partial charge in [-0.15, -0.1) is 0 Å². The lowest BCUT2D eigenvalue weighted by Gasteiger charge is -2.34. The van der Waals surface area contributed by atoms with E-state index in [1.54, 1.807) is 0 Å². The number of carbonyl (C=O) groups excluding carboxylic acids is 1. The van der Waals surface area contributed by atoms with Crippen molar-refractivity contribution in [1.82, 2.24) is 10.2 Å². The Labute approximate surface area is 169 Å². The van der Waals surface area contributed by atoms with Crippen molar-refractivity contribution < 1.29 is 9.53 Å². The Hall–Kier alpha value is -2.04. The van der Waals surface area contributed by atoms with Gasteiger partial charge in [-0.05, 0) is 62.8 Å². The molecular weight excluding hydrogens is 350 g/mol. The summed E-state index contributed by atoms with van der Waals surface area (Å²) in [6.07, 6.45) is 6.80. The Morgan fingerprint density at radius 3 is 2.39 bits per heavy atom. The average molecular weight is 386 g/mol. The van der Waals surface area contributed by atoms with Gasteiger partial charge in [-0.1, -0.05) is 30.3 Å². The molecule has 0 bridgehead atoms. The quantitative estimate of drug-likeness (QED) is 0.476. The van der Waals surface area contributed by atoms with Crippen LogP contribution in [-0.4, -0.2) is 50.1 Å². The molecule has 1 saturated heterocycles. The lowest BCUT2D eigenvalue weighted by Crippen LogP contribution is -2.47. The highest BCUT2D eigenvalue weighted by Gasteiger charge is 2.28. The zero-order valence-corrected chi connectivity index (χ0v) is 17.4. The van der Waals surface area contributed by atoms with Crippen LogP contribution in [0.4, 0.5) is 0 Å². The monoisotopic (exact) mass is 385 g/mol. The number of rotatable bonds is 5. The highest BCUT2D eigenvalue weighted by atomic mass is 16.5. The largest absolute Gasteiger partial charge is 0.466 e. The maximum Gasteiger partial charge on any atom is 0.309 e. The summed E-state index contributed by atoms with van der Waals surface area (Å²) < 4.78 is 5.17. The molecule has 5 heteroatoms. The number of nitrogens with one attached hydrogen (secondary N) is 1. The molecule has 0 radical (unpaired) electrons. The molecule has 1 heterocycles. The fourth-order valence-corrected chi connectivity index (χ4v) is 4.58. The van der Waals surface area contributed by atoms with Gasteiger partial charge in [0.25, 0.3) is 0 Å². The van der Waals surface area contributed by atoms with Crippen LogP contribution in [-0.2, 0) is 9.53 Å². The third-order valence-corrected chi connectivity index (χ3v) is 6.29. The minimum atomic E-state index is -0.0414. The molecule has 28 heavy (non-hydrogen) atoms. The Bertz CT molecular complexity index is 631. The Kier molecular flexibility index (Phi) is 7.75. The number of piperidine rings is 1. The summed E-state index contributed by atoms with van der Waals surface area (Å²) in [6, 6.07) is 10.9. The predicted octanol–water partition coefficient (Wildman–Crippen LogP) is 3.81. The average Bonchev–Trinajstić information content (AvgIpc) is 2.76. The number of benzene rings is 1. The highest BCUT2D eigenvalue weighted by molar-refractivity contribution is 5.80. The van der Waals surface area contributed by atoms with Crippen molar-refractivity contribution in [2.75, 3.05) is 33.3 Å². The van der Waals surface area contributed by atoms with Crippen molar-refractivity contribution >= 4 is 11.9 Å². The van der Waals surface area contributed by atoms with Crippen LogP contribution in [0.3, 0.4) is 0 Å². The molecule has 1 aromatic carbocycles. The first-order valence-electron chi connectivity index (χ1n) is 10.9. The third kappa shape index (κ3) is 5.49. The molecule has 0 atom stereocenters. The number of carbonyl (C=O) groups is 1. The van der Waals surface area contributed by atoms with Gasteiger partial charge in [0.05, 0.1) is 12.5 Å². The van der Waals surface area contributed by atoms with Gasteiger partial charge in [0, 0.05) is 26.7 Å². The van der Waals surface area contributed by atoms with Crippen molar-refractivity contribution in [2.45, 2.75) is 51.4 Å². The Balaban J connectivity index is 1.40. The van der Waals surface area contributed by atoms with E-state index in [4.69, 9.17) is 4.74 Å². The van der Waals surface area contributed by atoms with E-state index < -0.39 is 0 Å². The Morgan fingerprint density at radius 1 is 1.11 bits per heavy atom. The summed E-state index contributed by atoms with van der Waals surface area (Å²) >= 11 is 0. The third-order valence-electron chi connectivity index (χ3n) is 6.29. The molecule has 1 N–H and O–H groups in total. The van der Waals surface area contributed by atoms with Crippen LogP contribution in [0.1, 0.15) is 56.9 Å². The molecule has 3 rings (SSSR count). The number of esters is 1. The van der Waals surface area contributed by atoms with Crippen LogP contribution in [0.15, 0.2) is 35.3 Å². The first-order chi connectivity index (χ1) is 13.7. The van der Waals surface area contributed by atoms with Crippen LogP contribution in [0.5, 0.6) is 0 Å². The van der Waals surface area contributed by atoms with Crippen LogP contribution in [0.25, 0.3) is 0 Å². The van der Waals surface area contributed by atoms with Gasteiger partial charge in [0.2, 0.25) is 0 Å². The van der Waals surface area contributed by atoms with Crippen LogP contribution in [0, 0.1) is 11.8 Å². The number of guanidine groups is 1. The second-order valence-electron chi connectivity index (χ2n) is 8.07.